The van der Waals surface area contributed by atoms with E-state index in [0.29, 0.717) is 0 Å². The number of alkyl halides is 3. The van der Waals surface area contributed by atoms with E-state index in [1.54, 1.807) is 0 Å². The Kier molecular flexibility index (Phi) is 2.48. The average molecular weight is 140 g/mol. The molecule has 0 rings (SSSR count). The van der Waals surface area contributed by atoms with Crippen LogP contribution in [0.25, 0.3) is 0 Å². The van der Waals surface area contributed by atoms with Crippen molar-refractivity contribution >= 4 is 5.71 Å². The molecule has 0 bridgehead atoms. The van der Waals surface area contributed by atoms with Crippen molar-refractivity contribution in [2.75, 3.05) is 7.05 Å². The molecular weight excluding hydrogens is 133 g/mol. The first kappa shape index (κ1) is 8.26. The van der Waals surface area contributed by atoms with Crippen molar-refractivity contribution in [3.8, 4) is 0 Å². The van der Waals surface area contributed by atoms with Crippen molar-refractivity contribution in [3.63, 3.8) is 0 Å². The molecule has 0 spiro atoms. The SMILES string of the molecule is CNN=C(C)C(F)(F)F. The minimum Gasteiger partial charge on any atom is -0.313 e. The molecule has 0 heterocycles. The highest BCUT2D eigenvalue weighted by atomic mass is 19.4. The number of hydrogen-bond acceptors (Lipinski definition) is 2. The number of nitrogens with zero attached hydrogens (tertiary/aromatic N) is 1. The van der Waals surface area contributed by atoms with E-state index in [1.807, 2.05) is 5.43 Å². The molecule has 0 amide bonds. The summed E-state index contributed by atoms with van der Waals surface area (Å²) in [5.74, 6) is 0. The largest absolute Gasteiger partial charge is 0.430 e. The van der Waals surface area contributed by atoms with Gasteiger partial charge in [-0.1, -0.05) is 0 Å². The lowest BCUT2D eigenvalue weighted by molar-refractivity contribution is -0.0596. The number of hydrogen-bond donors (Lipinski definition) is 1. The van der Waals surface area contributed by atoms with Crippen LogP contribution in [-0.2, 0) is 0 Å². The van der Waals surface area contributed by atoms with E-state index < -0.39 is 11.9 Å². The molecule has 0 aliphatic heterocycles. The Balaban J connectivity index is 4.03. The van der Waals surface area contributed by atoms with Gasteiger partial charge in [-0.2, -0.15) is 18.3 Å². The third-order valence-electron chi connectivity index (χ3n) is 0.690. The zero-order valence-corrected chi connectivity index (χ0v) is 5.08. The first-order chi connectivity index (χ1) is 3.98. The van der Waals surface area contributed by atoms with Gasteiger partial charge in [0.05, 0.1) is 0 Å². The minimum absolute atomic E-state index is 0.870. The molecule has 2 nitrogen and oxygen atoms in total. The fourth-order valence-electron chi connectivity index (χ4n) is 0.231. The Bertz CT molecular complexity index is 115. The summed E-state index contributed by atoms with van der Waals surface area (Å²) in [6.45, 7) is 0.899. The van der Waals surface area contributed by atoms with E-state index in [4.69, 9.17) is 0 Å². The topological polar surface area (TPSA) is 24.4 Å². The molecule has 0 radical (unpaired) electrons. The number of nitrogens with one attached hydrogen (secondary N) is 1. The predicted molar refractivity (Wildman–Crippen MR) is 28.2 cm³/mol. The zero-order chi connectivity index (χ0) is 7.49. The maximum Gasteiger partial charge on any atom is 0.430 e. The molecule has 0 fully saturated rings. The van der Waals surface area contributed by atoms with E-state index in [1.165, 1.54) is 7.05 Å². The van der Waals surface area contributed by atoms with Crippen LogP contribution >= 0.6 is 0 Å². The summed E-state index contributed by atoms with van der Waals surface area (Å²) in [7, 11) is 1.31. The molecular formula is C4H7F3N2. The summed E-state index contributed by atoms with van der Waals surface area (Å²) in [6, 6.07) is 0. The van der Waals surface area contributed by atoms with Gasteiger partial charge in [0.15, 0.2) is 0 Å². The Labute approximate surface area is 50.7 Å². The monoisotopic (exact) mass is 140 g/mol. The van der Waals surface area contributed by atoms with Crippen molar-refractivity contribution < 1.29 is 13.2 Å². The summed E-state index contributed by atoms with van der Waals surface area (Å²) in [4.78, 5) is 0. The predicted octanol–water partition coefficient (Wildman–Crippen LogP) is 1.14. The van der Waals surface area contributed by atoms with Crippen LogP contribution in [0.4, 0.5) is 13.2 Å². The first-order valence-corrected chi connectivity index (χ1v) is 2.26. The summed E-state index contributed by atoms with van der Waals surface area (Å²) in [5.41, 5.74) is 1.17. The fraction of sp³-hybridized carbons (Fsp3) is 0.750. The van der Waals surface area contributed by atoms with Crippen molar-refractivity contribution in [2.45, 2.75) is 13.1 Å². The van der Waals surface area contributed by atoms with Gasteiger partial charge in [0.25, 0.3) is 0 Å². The van der Waals surface area contributed by atoms with E-state index in [9.17, 15) is 13.2 Å². The van der Waals surface area contributed by atoms with Crippen LogP contribution in [-0.4, -0.2) is 18.9 Å². The highest BCUT2D eigenvalue weighted by Crippen LogP contribution is 2.15. The van der Waals surface area contributed by atoms with Gasteiger partial charge in [0.1, 0.15) is 5.71 Å². The zero-order valence-electron chi connectivity index (χ0n) is 5.08. The van der Waals surface area contributed by atoms with Crippen LogP contribution in [0.1, 0.15) is 6.92 Å². The smallest absolute Gasteiger partial charge is 0.313 e. The highest BCUT2D eigenvalue weighted by molar-refractivity contribution is 5.86. The molecule has 0 aliphatic carbocycles. The maximum atomic E-state index is 11.5. The van der Waals surface area contributed by atoms with Crippen molar-refractivity contribution in [1.29, 1.82) is 0 Å². The van der Waals surface area contributed by atoms with Gasteiger partial charge in [0.2, 0.25) is 0 Å². The summed E-state index contributed by atoms with van der Waals surface area (Å²) in [5, 5.41) is 2.94. The van der Waals surface area contributed by atoms with Crippen LogP contribution in [0, 0.1) is 0 Å². The molecule has 0 aromatic carbocycles. The third-order valence-corrected chi connectivity index (χ3v) is 0.690. The Morgan fingerprint density at radius 2 is 1.89 bits per heavy atom. The first-order valence-electron chi connectivity index (χ1n) is 2.26. The molecule has 0 aliphatic rings. The molecule has 0 unspecified atom stereocenters. The van der Waals surface area contributed by atoms with Gasteiger partial charge in [-0.3, -0.25) is 0 Å². The molecule has 5 heteroatoms. The number of hydrazone groups is 1. The second-order valence-corrected chi connectivity index (χ2v) is 1.42. The molecule has 0 aromatic rings. The molecule has 1 N–H and O–H groups in total. The van der Waals surface area contributed by atoms with Crippen molar-refractivity contribution in [1.82, 2.24) is 5.43 Å². The Hall–Kier alpha value is -0.740. The van der Waals surface area contributed by atoms with Crippen LogP contribution < -0.4 is 5.43 Å². The summed E-state index contributed by atoms with van der Waals surface area (Å²) >= 11 is 0. The van der Waals surface area contributed by atoms with Crippen LogP contribution in [0.2, 0.25) is 0 Å². The lowest BCUT2D eigenvalue weighted by Crippen LogP contribution is -2.21. The highest BCUT2D eigenvalue weighted by Gasteiger charge is 2.31. The van der Waals surface area contributed by atoms with Gasteiger partial charge in [-0.15, -0.1) is 0 Å². The van der Waals surface area contributed by atoms with E-state index >= 15 is 0 Å². The van der Waals surface area contributed by atoms with Gasteiger partial charge < -0.3 is 5.43 Å². The van der Waals surface area contributed by atoms with E-state index in [-0.39, 0.29) is 0 Å². The van der Waals surface area contributed by atoms with E-state index in [2.05, 4.69) is 5.10 Å². The molecule has 54 valence electrons. The summed E-state index contributed by atoms with van der Waals surface area (Å²) in [6.07, 6.45) is -4.30. The molecule has 9 heavy (non-hydrogen) atoms. The summed E-state index contributed by atoms with van der Waals surface area (Å²) < 4.78 is 34.4. The lowest BCUT2D eigenvalue weighted by atomic mass is 10.4. The third kappa shape index (κ3) is 2.94. The molecule has 0 saturated heterocycles. The quantitative estimate of drug-likeness (QED) is 0.428. The Morgan fingerprint density at radius 1 is 1.44 bits per heavy atom. The maximum absolute atomic E-state index is 11.5. The van der Waals surface area contributed by atoms with Crippen LogP contribution in [0.15, 0.2) is 5.10 Å². The molecule has 0 aromatic heterocycles. The van der Waals surface area contributed by atoms with Gasteiger partial charge in [0, 0.05) is 7.05 Å². The number of rotatable bonds is 1. The Morgan fingerprint density at radius 3 is 2.00 bits per heavy atom. The molecule has 0 atom stereocenters. The van der Waals surface area contributed by atoms with Crippen molar-refractivity contribution in [2.24, 2.45) is 5.10 Å². The normalized spacial score (nSPS) is 13.7. The minimum atomic E-state index is -4.30. The molecule has 0 saturated carbocycles. The second kappa shape index (κ2) is 2.70. The van der Waals surface area contributed by atoms with E-state index in [0.717, 1.165) is 6.92 Å². The van der Waals surface area contributed by atoms with Crippen LogP contribution in [0.5, 0.6) is 0 Å². The van der Waals surface area contributed by atoms with Gasteiger partial charge >= 0.3 is 6.18 Å². The van der Waals surface area contributed by atoms with Crippen LogP contribution in [0.3, 0.4) is 0 Å². The average Bonchev–Trinajstić information content (AvgIpc) is 1.64. The van der Waals surface area contributed by atoms with Gasteiger partial charge in [-0.25, -0.2) is 0 Å². The second-order valence-electron chi connectivity index (χ2n) is 1.42. The number of halogens is 3. The van der Waals surface area contributed by atoms with Gasteiger partial charge in [-0.05, 0) is 6.92 Å². The van der Waals surface area contributed by atoms with Crippen molar-refractivity contribution in [3.05, 3.63) is 0 Å². The lowest BCUT2D eigenvalue weighted by Gasteiger charge is -2.03. The standard InChI is InChI=1S/C4H7F3N2/c1-3(9-8-2)4(5,6)7/h8H,1-2H3. The fourth-order valence-corrected chi connectivity index (χ4v) is 0.231.